The molecule has 0 radical (unpaired) electrons. The molecule has 0 spiro atoms. The molecule has 1 aliphatic rings. The van der Waals surface area contributed by atoms with Gasteiger partial charge in [-0.15, -0.1) is 23.1 Å². The van der Waals surface area contributed by atoms with Crippen molar-refractivity contribution in [1.29, 1.82) is 0 Å². The summed E-state index contributed by atoms with van der Waals surface area (Å²) >= 11 is 2.78. The predicted molar refractivity (Wildman–Crippen MR) is 73.8 cm³/mol. The molecule has 104 valence electrons. The summed E-state index contributed by atoms with van der Waals surface area (Å²) in [6.45, 7) is 0.605. The lowest BCUT2D eigenvalue weighted by molar-refractivity contribution is -0.129. The lowest BCUT2D eigenvalue weighted by atomic mass is 10.2. The number of hydrogen-bond acceptors (Lipinski definition) is 5. The monoisotopic (exact) mass is 301 g/mol. The Morgan fingerprint density at radius 1 is 1.53 bits per heavy atom. The molecule has 0 unspecified atom stereocenters. The first-order valence-corrected chi connectivity index (χ1v) is 7.78. The van der Waals surface area contributed by atoms with Crippen LogP contribution in [0.2, 0.25) is 0 Å². The zero-order valence-electron chi connectivity index (χ0n) is 10.2. The average Bonchev–Trinajstić information content (AvgIpc) is 2.98. The predicted octanol–water partition coefficient (Wildman–Crippen LogP) is 1.52. The number of likely N-dealkylation sites (tertiary alicyclic amines) is 1. The van der Waals surface area contributed by atoms with E-state index < -0.39 is 5.97 Å². The molecule has 1 amide bonds. The molecule has 19 heavy (non-hydrogen) atoms. The van der Waals surface area contributed by atoms with Crippen LogP contribution in [0.25, 0.3) is 0 Å². The van der Waals surface area contributed by atoms with Gasteiger partial charge in [0.25, 0.3) is 0 Å². The number of thioether (sulfide) groups is 1. The number of aliphatic hydroxyl groups excluding tert-OH is 1. The van der Waals surface area contributed by atoms with Crippen molar-refractivity contribution in [3.63, 3.8) is 0 Å². The lowest BCUT2D eigenvalue weighted by Gasteiger charge is -2.22. The molecule has 0 saturated carbocycles. The summed E-state index contributed by atoms with van der Waals surface area (Å²) in [6.07, 6.45) is 1.24. The van der Waals surface area contributed by atoms with Crippen LogP contribution in [0, 0.1) is 0 Å². The van der Waals surface area contributed by atoms with Crippen LogP contribution in [-0.4, -0.2) is 51.9 Å². The van der Waals surface area contributed by atoms with E-state index in [1.54, 1.807) is 17.0 Å². The third-order valence-electron chi connectivity index (χ3n) is 3.03. The van der Waals surface area contributed by atoms with Crippen LogP contribution < -0.4 is 0 Å². The van der Waals surface area contributed by atoms with Gasteiger partial charge in [0.15, 0.2) is 0 Å². The minimum absolute atomic E-state index is 0.0125. The van der Waals surface area contributed by atoms with E-state index in [0.717, 1.165) is 10.6 Å². The van der Waals surface area contributed by atoms with Crippen LogP contribution >= 0.6 is 23.1 Å². The zero-order chi connectivity index (χ0) is 13.8. The number of carbonyl (C=O) groups is 2. The van der Waals surface area contributed by atoms with Crippen LogP contribution in [-0.2, 0) is 4.79 Å². The average molecular weight is 301 g/mol. The Morgan fingerprint density at radius 2 is 2.32 bits per heavy atom. The van der Waals surface area contributed by atoms with E-state index in [-0.39, 0.29) is 18.6 Å². The van der Waals surface area contributed by atoms with E-state index >= 15 is 0 Å². The normalized spacial score (nSPS) is 19.1. The summed E-state index contributed by atoms with van der Waals surface area (Å²) < 4.78 is 0.935. The molecule has 2 rings (SSSR count). The van der Waals surface area contributed by atoms with Gasteiger partial charge in [-0.2, -0.15) is 0 Å². The lowest BCUT2D eigenvalue weighted by Crippen LogP contribution is -2.36. The van der Waals surface area contributed by atoms with E-state index in [0.29, 0.717) is 23.6 Å². The Balaban J connectivity index is 1.82. The highest BCUT2D eigenvalue weighted by molar-refractivity contribution is 8.01. The van der Waals surface area contributed by atoms with Gasteiger partial charge in [-0.1, -0.05) is 0 Å². The first kappa shape index (κ1) is 14.4. The molecule has 1 aromatic rings. The third-order valence-corrected chi connectivity index (χ3v) is 5.31. The van der Waals surface area contributed by atoms with Gasteiger partial charge in [-0.3, -0.25) is 4.79 Å². The van der Waals surface area contributed by atoms with E-state index in [1.807, 2.05) is 0 Å². The number of carboxylic acid groups (broad SMARTS) is 1. The minimum atomic E-state index is -0.910. The van der Waals surface area contributed by atoms with Crippen molar-refractivity contribution < 1.29 is 19.8 Å². The summed E-state index contributed by atoms with van der Waals surface area (Å²) in [5.74, 6) is -0.106. The summed E-state index contributed by atoms with van der Waals surface area (Å²) in [7, 11) is 0. The number of aliphatic hydroxyl groups is 1. The van der Waals surface area contributed by atoms with E-state index in [2.05, 4.69) is 0 Å². The molecule has 2 N–H and O–H groups in total. The number of carboxylic acids is 1. The SMILES string of the molecule is O=C(O)c1ccc(SCCN2C(=O)CC[C@@H]2CO)s1. The maximum atomic E-state index is 11.6. The number of amides is 1. The molecule has 1 saturated heterocycles. The Hall–Kier alpha value is -1.05. The van der Waals surface area contributed by atoms with Crippen molar-refractivity contribution in [3.8, 4) is 0 Å². The second kappa shape index (κ2) is 6.40. The number of hydrogen-bond donors (Lipinski definition) is 2. The van der Waals surface area contributed by atoms with E-state index in [4.69, 9.17) is 5.11 Å². The smallest absolute Gasteiger partial charge is 0.345 e. The van der Waals surface area contributed by atoms with Crippen molar-refractivity contribution in [2.24, 2.45) is 0 Å². The summed E-state index contributed by atoms with van der Waals surface area (Å²) in [6, 6.07) is 3.33. The molecule has 1 fully saturated rings. The fourth-order valence-electron chi connectivity index (χ4n) is 2.05. The molecule has 2 heterocycles. The van der Waals surface area contributed by atoms with Gasteiger partial charge in [0.2, 0.25) is 5.91 Å². The van der Waals surface area contributed by atoms with Gasteiger partial charge in [0, 0.05) is 18.7 Å². The Kier molecular flexibility index (Phi) is 4.84. The molecule has 5 nitrogen and oxygen atoms in total. The van der Waals surface area contributed by atoms with Crippen molar-refractivity contribution in [2.45, 2.75) is 23.1 Å². The highest BCUT2D eigenvalue weighted by atomic mass is 32.2. The van der Waals surface area contributed by atoms with Crippen molar-refractivity contribution >= 4 is 35.0 Å². The van der Waals surface area contributed by atoms with Gasteiger partial charge in [-0.25, -0.2) is 4.79 Å². The molecular formula is C12H15NO4S2. The second-order valence-corrected chi connectivity index (χ2v) is 6.71. The van der Waals surface area contributed by atoms with Gasteiger partial charge in [0.05, 0.1) is 16.9 Å². The molecule has 1 aliphatic heterocycles. The van der Waals surface area contributed by atoms with Crippen molar-refractivity contribution in [2.75, 3.05) is 18.9 Å². The maximum absolute atomic E-state index is 11.6. The molecule has 1 aromatic heterocycles. The highest BCUT2D eigenvalue weighted by Gasteiger charge is 2.29. The van der Waals surface area contributed by atoms with Crippen LogP contribution in [0.3, 0.4) is 0 Å². The number of rotatable bonds is 6. The Morgan fingerprint density at radius 3 is 2.95 bits per heavy atom. The topological polar surface area (TPSA) is 77.8 Å². The quantitative estimate of drug-likeness (QED) is 0.779. The van der Waals surface area contributed by atoms with Crippen LogP contribution in [0.5, 0.6) is 0 Å². The second-order valence-electron chi connectivity index (χ2n) is 4.23. The number of nitrogens with zero attached hydrogens (tertiary/aromatic N) is 1. The van der Waals surface area contributed by atoms with Crippen LogP contribution in [0.4, 0.5) is 0 Å². The first-order chi connectivity index (χ1) is 9.11. The molecule has 7 heteroatoms. The number of carbonyl (C=O) groups excluding carboxylic acids is 1. The van der Waals surface area contributed by atoms with E-state index in [9.17, 15) is 14.7 Å². The Bertz CT molecular complexity index is 474. The van der Waals surface area contributed by atoms with Gasteiger partial charge in [0.1, 0.15) is 4.88 Å². The van der Waals surface area contributed by atoms with Crippen molar-refractivity contribution in [1.82, 2.24) is 4.90 Å². The minimum Gasteiger partial charge on any atom is -0.477 e. The van der Waals surface area contributed by atoms with Gasteiger partial charge in [-0.05, 0) is 18.6 Å². The largest absolute Gasteiger partial charge is 0.477 e. The van der Waals surface area contributed by atoms with E-state index in [1.165, 1.54) is 23.1 Å². The fraction of sp³-hybridized carbons (Fsp3) is 0.500. The molecule has 0 aromatic carbocycles. The van der Waals surface area contributed by atoms with Crippen molar-refractivity contribution in [3.05, 3.63) is 17.0 Å². The van der Waals surface area contributed by atoms with Gasteiger partial charge >= 0.3 is 5.97 Å². The molecule has 0 bridgehead atoms. The van der Waals surface area contributed by atoms with Crippen LogP contribution in [0.15, 0.2) is 16.3 Å². The van der Waals surface area contributed by atoms with Gasteiger partial charge < -0.3 is 15.1 Å². The fourth-order valence-corrected chi connectivity index (χ4v) is 4.03. The highest BCUT2D eigenvalue weighted by Crippen LogP contribution is 2.28. The van der Waals surface area contributed by atoms with Crippen LogP contribution in [0.1, 0.15) is 22.5 Å². The standard InChI is InChI=1S/C12H15NO4S2/c14-7-8-1-3-10(15)13(8)5-6-18-11-4-2-9(19-11)12(16)17/h2,4,8,14H,1,3,5-7H2,(H,16,17)/t8-/m1/s1. The molecule has 0 aliphatic carbocycles. The number of aromatic carboxylic acids is 1. The number of thiophene rings is 1. The summed E-state index contributed by atoms with van der Waals surface area (Å²) in [4.78, 5) is 24.4. The Labute approximate surface area is 119 Å². The summed E-state index contributed by atoms with van der Waals surface area (Å²) in [5.41, 5.74) is 0. The molecule has 1 atom stereocenters. The third kappa shape index (κ3) is 3.49. The first-order valence-electron chi connectivity index (χ1n) is 5.98. The summed E-state index contributed by atoms with van der Waals surface area (Å²) in [5, 5.41) is 18.0. The zero-order valence-corrected chi connectivity index (χ0v) is 11.9. The molecular weight excluding hydrogens is 286 g/mol. The maximum Gasteiger partial charge on any atom is 0.345 e.